The molecule has 2 saturated heterocycles. The minimum Gasteiger partial charge on any atom is -0.371 e. The summed E-state index contributed by atoms with van der Waals surface area (Å²) in [5, 5.41) is 3.33. The molecule has 1 spiro atoms. The zero-order valence-corrected chi connectivity index (χ0v) is 14.9. The van der Waals surface area contributed by atoms with Gasteiger partial charge in [0.2, 0.25) is 5.95 Å². The van der Waals surface area contributed by atoms with E-state index in [1.165, 1.54) is 0 Å². The van der Waals surface area contributed by atoms with Crippen LogP contribution in [0.2, 0.25) is 0 Å². The quantitative estimate of drug-likeness (QED) is 0.910. The molecule has 1 amide bonds. The third kappa shape index (κ3) is 3.53. The lowest BCUT2D eigenvalue weighted by molar-refractivity contribution is -0.0448. The minimum atomic E-state index is -0.288. The Kier molecular flexibility index (Phi) is 4.55. The molecule has 2 aromatic heterocycles. The third-order valence-corrected chi connectivity index (χ3v) is 5.04. The lowest BCUT2D eigenvalue weighted by atomic mass is 9.88. The number of amides is 1. The van der Waals surface area contributed by atoms with Crippen LogP contribution in [0.15, 0.2) is 36.7 Å². The summed E-state index contributed by atoms with van der Waals surface area (Å²) in [6.07, 6.45) is 6.18. The molecule has 136 valence electrons. The van der Waals surface area contributed by atoms with E-state index in [0.717, 1.165) is 31.5 Å². The molecule has 0 aliphatic carbocycles. The van der Waals surface area contributed by atoms with E-state index in [-0.39, 0.29) is 17.6 Å². The van der Waals surface area contributed by atoms with Crippen LogP contribution in [0.1, 0.15) is 35.4 Å². The number of hydrogen-bond donors (Lipinski definition) is 1. The fourth-order valence-corrected chi connectivity index (χ4v) is 3.87. The third-order valence-electron chi connectivity index (χ3n) is 5.04. The summed E-state index contributed by atoms with van der Waals surface area (Å²) in [5.74, 6) is 0.602. The van der Waals surface area contributed by atoms with Gasteiger partial charge in [0.25, 0.3) is 5.91 Å². The van der Waals surface area contributed by atoms with Gasteiger partial charge in [0.15, 0.2) is 0 Å². The first-order valence-corrected chi connectivity index (χ1v) is 9.04. The van der Waals surface area contributed by atoms with Crippen molar-refractivity contribution in [2.75, 3.05) is 25.0 Å². The number of nitrogens with one attached hydrogen (secondary N) is 1. The van der Waals surface area contributed by atoms with E-state index in [4.69, 9.17) is 4.74 Å². The monoisotopic (exact) mass is 353 g/mol. The number of aromatic nitrogens is 3. The van der Waals surface area contributed by atoms with Gasteiger partial charge in [-0.05, 0) is 38.0 Å². The molecule has 7 heteroatoms. The van der Waals surface area contributed by atoms with Crippen LogP contribution in [0.25, 0.3) is 0 Å². The van der Waals surface area contributed by atoms with Gasteiger partial charge in [-0.3, -0.25) is 4.79 Å². The molecule has 2 atom stereocenters. The summed E-state index contributed by atoms with van der Waals surface area (Å²) in [4.78, 5) is 27.5. The molecule has 26 heavy (non-hydrogen) atoms. The molecule has 2 aliphatic heterocycles. The maximum atomic E-state index is 12.8. The van der Waals surface area contributed by atoms with E-state index in [2.05, 4.69) is 20.3 Å². The van der Waals surface area contributed by atoms with Crippen LogP contribution in [0.3, 0.4) is 0 Å². The number of hydrogen-bond acceptors (Lipinski definition) is 6. The molecule has 2 fully saturated rings. The van der Waals surface area contributed by atoms with E-state index >= 15 is 0 Å². The number of carbonyl (C=O) groups excluding carboxylic acids is 1. The maximum absolute atomic E-state index is 12.8. The summed E-state index contributed by atoms with van der Waals surface area (Å²) >= 11 is 0. The summed E-state index contributed by atoms with van der Waals surface area (Å²) in [6.45, 7) is 3.86. The number of aryl methyl sites for hydroxylation is 1. The van der Waals surface area contributed by atoms with Crippen LogP contribution >= 0.6 is 0 Å². The smallest absolute Gasteiger partial charge is 0.272 e. The Morgan fingerprint density at radius 3 is 2.96 bits per heavy atom. The standard InChI is InChI=1S/C19H23N5O2/c1-14-5-2-6-16(22-14)17(25)24-10-3-7-19(13-24)11-15(12-26-19)23-18-20-8-4-9-21-18/h2,4-6,8-9,15H,3,7,10-13H2,1H3,(H,20,21,23)/t15-,19-/m1/s1. The highest BCUT2D eigenvalue weighted by molar-refractivity contribution is 5.92. The van der Waals surface area contributed by atoms with Crippen molar-refractivity contribution in [1.82, 2.24) is 19.9 Å². The second-order valence-electron chi connectivity index (χ2n) is 7.11. The molecule has 0 aromatic carbocycles. The van der Waals surface area contributed by atoms with Crippen molar-refractivity contribution in [3.8, 4) is 0 Å². The highest BCUT2D eigenvalue weighted by Gasteiger charge is 2.44. The maximum Gasteiger partial charge on any atom is 0.272 e. The van der Waals surface area contributed by atoms with Gasteiger partial charge in [-0.1, -0.05) is 6.07 Å². The van der Waals surface area contributed by atoms with Gasteiger partial charge in [-0.25, -0.2) is 15.0 Å². The van der Waals surface area contributed by atoms with Crippen LogP contribution < -0.4 is 5.32 Å². The van der Waals surface area contributed by atoms with Gasteiger partial charge < -0.3 is 15.0 Å². The second-order valence-corrected chi connectivity index (χ2v) is 7.11. The van der Waals surface area contributed by atoms with E-state index in [1.54, 1.807) is 24.5 Å². The Hall–Kier alpha value is -2.54. The van der Waals surface area contributed by atoms with E-state index in [0.29, 0.717) is 24.8 Å². The average Bonchev–Trinajstić information content (AvgIpc) is 3.03. The molecule has 0 bridgehead atoms. The van der Waals surface area contributed by atoms with Crippen molar-refractivity contribution in [1.29, 1.82) is 0 Å². The molecule has 0 radical (unpaired) electrons. The van der Waals surface area contributed by atoms with Crippen LogP contribution in [-0.2, 0) is 4.74 Å². The number of ether oxygens (including phenoxy) is 1. The van der Waals surface area contributed by atoms with Gasteiger partial charge in [-0.2, -0.15) is 0 Å². The zero-order valence-electron chi connectivity index (χ0n) is 14.9. The van der Waals surface area contributed by atoms with Crippen molar-refractivity contribution in [2.24, 2.45) is 0 Å². The zero-order chi connectivity index (χ0) is 18.0. The molecule has 4 rings (SSSR count). The Labute approximate surface area is 152 Å². The number of anilines is 1. The Bertz CT molecular complexity index is 785. The van der Waals surface area contributed by atoms with Gasteiger partial charge in [0.1, 0.15) is 5.69 Å². The lowest BCUT2D eigenvalue weighted by Crippen LogP contribution is -2.50. The molecular formula is C19H23N5O2. The Morgan fingerprint density at radius 2 is 2.15 bits per heavy atom. The largest absolute Gasteiger partial charge is 0.371 e. The van der Waals surface area contributed by atoms with E-state index in [1.807, 2.05) is 24.0 Å². The van der Waals surface area contributed by atoms with Gasteiger partial charge in [-0.15, -0.1) is 0 Å². The molecule has 4 heterocycles. The minimum absolute atomic E-state index is 0.0147. The van der Waals surface area contributed by atoms with Crippen molar-refractivity contribution >= 4 is 11.9 Å². The van der Waals surface area contributed by atoms with Crippen molar-refractivity contribution in [3.05, 3.63) is 48.0 Å². The average molecular weight is 353 g/mol. The molecule has 2 aliphatic rings. The highest BCUT2D eigenvalue weighted by Crippen LogP contribution is 2.35. The highest BCUT2D eigenvalue weighted by atomic mass is 16.5. The van der Waals surface area contributed by atoms with Crippen LogP contribution in [0.5, 0.6) is 0 Å². The number of likely N-dealkylation sites (tertiary alicyclic amines) is 1. The number of pyridine rings is 1. The van der Waals surface area contributed by atoms with Gasteiger partial charge >= 0.3 is 0 Å². The number of piperidine rings is 1. The molecular weight excluding hydrogens is 330 g/mol. The summed E-state index contributed by atoms with van der Waals surface area (Å²) in [6, 6.07) is 7.51. The van der Waals surface area contributed by atoms with Crippen LogP contribution in [0, 0.1) is 6.92 Å². The number of rotatable bonds is 3. The SMILES string of the molecule is Cc1cccc(C(=O)N2CCC[C@@]3(C[C@@H](Nc4ncccn4)CO3)C2)n1. The molecule has 0 unspecified atom stereocenters. The van der Waals surface area contributed by atoms with E-state index < -0.39 is 0 Å². The van der Waals surface area contributed by atoms with Crippen LogP contribution in [-0.4, -0.2) is 57.1 Å². The number of nitrogens with zero attached hydrogens (tertiary/aromatic N) is 4. The predicted octanol–water partition coefficient (Wildman–Crippen LogP) is 2.06. The van der Waals surface area contributed by atoms with Crippen molar-refractivity contribution in [2.45, 2.75) is 37.8 Å². The topological polar surface area (TPSA) is 80.2 Å². The van der Waals surface area contributed by atoms with E-state index in [9.17, 15) is 4.79 Å². The summed E-state index contributed by atoms with van der Waals surface area (Å²) < 4.78 is 6.17. The first-order chi connectivity index (χ1) is 12.6. The first kappa shape index (κ1) is 16.9. The Balaban J connectivity index is 1.42. The fraction of sp³-hybridized carbons (Fsp3) is 0.474. The van der Waals surface area contributed by atoms with Crippen molar-refractivity contribution in [3.63, 3.8) is 0 Å². The number of carbonyl (C=O) groups is 1. The fourth-order valence-electron chi connectivity index (χ4n) is 3.87. The first-order valence-electron chi connectivity index (χ1n) is 9.04. The molecule has 7 nitrogen and oxygen atoms in total. The Morgan fingerprint density at radius 1 is 1.31 bits per heavy atom. The summed E-state index contributed by atoms with van der Waals surface area (Å²) in [5.41, 5.74) is 1.07. The molecule has 1 N–H and O–H groups in total. The summed E-state index contributed by atoms with van der Waals surface area (Å²) in [7, 11) is 0. The second kappa shape index (κ2) is 6.99. The molecule has 2 aromatic rings. The predicted molar refractivity (Wildman–Crippen MR) is 96.9 cm³/mol. The van der Waals surface area contributed by atoms with Gasteiger partial charge in [0.05, 0.1) is 24.8 Å². The normalized spacial score (nSPS) is 25.4. The molecule has 0 saturated carbocycles. The van der Waals surface area contributed by atoms with Gasteiger partial charge in [0, 0.05) is 31.1 Å². The van der Waals surface area contributed by atoms with Crippen LogP contribution in [0.4, 0.5) is 5.95 Å². The lowest BCUT2D eigenvalue weighted by Gasteiger charge is -2.39. The van der Waals surface area contributed by atoms with Crippen molar-refractivity contribution < 1.29 is 9.53 Å².